The van der Waals surface area contributed by atoms with E-state index in [9.17, 15) is 9.90 Å². The second-order valence-corrected chi connectivity index (χ2v) is 6.78. The molecule has 0 aliphatic carbocycles. The molecule has 1 aromatic heterocycles. The molecule has 1 aliphatic heterocycles. The Bertz CT molecular complexity index is 931. The number of nitrogens with one attached hydrogen (secondary N) is 1. The van der Waals surface area contributed by atoms with E-state index in [0.29, 0.717) is 4.91 Å². The lowest BCUT2D eigenvalue weighted by atomic mass is 10.1. The maximum absolute atomic E-state index is 11.3. The first kappa shape index (κ1) is 15.1. The highest BCUT2D eigenvalue weighted by Gasteiger charge is 2.25. The summed E-state index contributed by atoms with van der Waals surface area (Å²) in [6, 6.07) is 18.6. The molecule has 4 rings (SSSR count). The van der Waals surface area contributed by atoms with E-state index in [4.69, 9.17) is 0 Å². The quantitative estimate of drug-likeness (QED) is 0.765. The van der Waals surface area contributed by atoms with Crippen molar-refractivity contribution in [1.29, 1.82) is 0 Å². The third-order valence-electron chi connectivity index (χ3n) is 4.04. The molecule has 5 heteroatoms. The predicted octanol–water partition coefficient (Wildman–Crippen LogP) is 3.81. The van der Waals surface area contributed by atoms with Crippen molar-refractivity contribution < 1.29 is 9.90 Å². The summed E-state index contributed by atoms with van der Waals surface area (Å²) in [6.07, 6.45) is 3.03. The van der Waals surface area contributed by atoms with Gasteiger partial charge < -0.3 is 15.0 Å². The molecule has 1 aliphatic rings. The van der Waals surface area contributed by atoms with E-state index >= 15 is 0 Å². The molecule has 0 saturated carbocycles. The van der Waals surface area contributed by atoms with Gasteiger partial charge in [-0.25, -0.2) is 0 Å². The number of carbonyl (C=O) groups is 1. The highest BCUT2D eigenvalue weighted by molar-refractivity contribution is 8.17. The van der Waals surface area contributed by atoms with Gasteiger partial charge in [0.1, 0.15) is 0 Å². The molecule has 120 valence electrons. The van der Waals surface area contributed by atoms with Gasteiger partial charge in [0.25, 0.3) is 5.24 Å². The zero-order chi connectivity index (χ0) is 16.5. The lowest BCUT2D eigenvalue weighted by molar-refractivity contribution is 0.192. The smallest absolute Gasteiger partial charge is 0.285 e. The summed E-state index contributed by atoms with van der Waals surface area (Å²) < 4.78 is 2.20. The third-order valence-corrected chi connectivity index (χ3v) is 4.92. The molecule has 2 N–H and O–H groups in total. The van der Waals surface area contributed by atoms with Crippen molar-refractivity contribution in [2.75, 3.05) is 0 Å². The molecule has 1 fully saturated rings. The summed E-state index contributed by atoms with van der Waals surface area (Å²) in [4.78, 5) is 12.0. The topological polar surface area (TPSA) is 54.3 Å². The minimum absolute atomic E-state index is 0.220. The Morgan fingerprint density at radius 1 is 1.17 bits per heavy atom. The van der Waals surface area contributed by atoms with Gasteiger partial charge in [-0.05, 0) is 46.5 Å². The van der Waals surface area contributed by atoms with Crippen LogP contribution in [0.25, 0.3) is 17.0 Å². The second kappa shape index (κ2) is 6.19. The van der Waals surface area contributed by atoms with E-state index < -0.39 is 6.23 Å². The van der Waals surface area contributed by atoms with Crippen molar-refractivity contribution in [2.45, 2.75) is 12.8 Å². The van der Waals surface area contributed by atoms with Crippen molar-refractivity contribution in [3.63, 3.8) is 0 Å². The molecule has 2 aromatic carbocycles. The summed E-state index contributed by atoms with van der Waals surface area (Å²) >= 11 is 1.04. The molecule has 1 saturated heterocycles. The van der Waals surface area contributed by atoms with Crippen LogP contribution < -0.4 is 5.32 Å². The molecule has 1 unspecified atom stereocenters. The first-order valence-electron chi connectivity index (χ1n) is 7.70. The van der Waals surface area contributed by atoms with Crippen LogP contribution in [0.15, 0.2) is 65.7 Å². The molecule has 3 aromatic rings. The number of nitrogens with zero attached hydrogens (tertiary/aromatic N) is 1. The summed E-state index contributed by atoms with van der Waals surface area (Å²) in [5.74, 6) is 0. The largest absolute Gasteiger partial charge is 0.369 e. The number of aliphatic hydroxyl groups excluding tert-OH is 1. The van der Waals surface area contributed by atoms with Gasteiger partial charge in [-0.3, -0.25) is 4.79 Å². The number of rotatable bonds is 3. The van der Waals surface area contributed by atoms with Crippen LogP contribution in [-0.2, 0) is 6.54 Å². The highest BCUT2D eigenvalue weighted by atomic mass is 32.2. The standard InChI is InChI=1S/C19H16N2O2S/c22-18-17(24-19(23)20-18)11-14-6-7-15-8-9-21(16(15)10-14)12-13-4-2-1-3-5-13/h1-11,18,22H,12H2,(H,20,23)/b17-11-. The number of fused-ring (bicyclic) bond motifs is 1. The first-order valence-corrected chi connectivity index (χ1v) is 8.51. The number of hydrogen-bond donors (Lipinski definition) is 2. The SMILES string of the molecule is O=C1NC(O)/C(=C/c2ccc3ccn(Cc4ccccc4)c3c2)S1. The molecule has 24 heavy (non-hydrogen) atoms. The summed E-state index contributed by atoms with van der Waals surface area (Å²) in [6.45, 7) is 0.807. The molecule has 2 heterocycles. The Morgan fingerprint density at radius 3 is 2.75 bits per heavy atom. The average molecular weight is 336 g/mol. The fraction of sp³-hybridized carbons (Fsp3) is 0.105. The highest BCUT2D eigenvalue weighted by Crippen LogP contribution is 2.29. The van der Waals surface area contributed by atoms with Crippen LogP contribution in [0.5, 0.6) is 0 Å². The van der Waals surface area contributed by atoms with Crippen molar-refractivity contribution >= 4 is 34.0 Å². The summed E-state index contributed by atoms with van der Waals surface area (Å²) in [7, 11) is 0. The third kappa shape index (κ3) is 2.96. The van der Waals surface area contributed by atoms with Crippen molar-refractivity contribution in [1.82, 2.24) is 9.88 Å². The van der Waals surface area contributed by atoms with Crippen LogP contribution >= 0.6 is 11.8 Å². The molecular formula is C19H16N2O2S. The fourth-order valence-corrected chi connectivity index (χ4v) is 3.61. The lowest BCUT2D eigenvalue weighted by Gasteiger charge is -2.07. The molecule has 0 spiro atoms. The van der Waals surface area contributed by atoms with Crippen molar-refractivity contribution in [3.8, 4) is 0 Å². The van der Waals surface area contributed by atoms with Gasteiger partial charge in [0.15, 0.2) is 6.23 Å². The van der Waals surface area contributed by atoms with Crippen molar-refractivity contribution in [3.05, 3.63) is 76.8 Å². The average Bonchev–Trinajstić information content (AvgIpc) is 3.11. The van der Waals surface area contributed by atoms with Gasteiger partial charge in [0, 0.05) is 23.2 Å². The zero-order valence-electron chi connectivity index (χ0n) is 12.8. The Morgan fingerprint density at radius 2 is 2.00 bits per heavy atom. The predicted molar refractivity (Wildman–Crippen MR) is 97.6 cm³/mol. The first-order chi connectivity index (χ1) is 11.7. The summed E-state index contributed by atoms with van der Waals surface area (Å²) in [5, 5.41) is 13.2. The Hall–Kier alpha value is -2.50. The van der Waals surface area contributed by atoms with Gasteiger partial charge in [0.05, 0.1) is 0 Å². The van der Waals surface area contributed by atoms with Gasteiger partial charge in [-0.1, -0.05) is 42.5 Å². The second-order valence-electron chi connectivity index (χ2n) is 5.73. The van der Waals surface area contributed by atoms with Gasteiger partial charge in [-0.15, -0.1) is 0 Å². The Kier molecular flexibility index (Phi) is 3.88. The monoisotopic (exact) mass is 336 g/mol. The van der Waals surface area contributed by atoms with Crippen LogP contribution in [0.1, 0.15) is 11.1 Å². The maximum atomic E-state index is 11.3. The van der Waals surface area contributed by atoms with E-state index in [0.717, 1.165) is 29.4 Å². The van der Waals surface area contributed by atoms with E-state index in [1.54, 1.807) is 0 Å². The number of aromatic nitrogens is 1. The number of carbonyl (C=O) groups excluding carboxylic acids is 1. The molecule has 4 nitrogen and oxygen atoms in total. The minimum atomic E-state index is -0.908. The fourth-order valence-electron chi connectivity index (χ4n) is 2.86. The Labute approximate surface area is 143 Å². The normalized spacial score (nSPS) is 19.1. The number of benzene rings is 2. The number of amides is 1. The number of aliphatic hydroxyl groups is 1. The van der Waals surface area contributed by atoms with Crippen LogP contribution in [0.2, 0.25) is 0 Å². The number of hydrogen-bond acceptors (Lipinski definition) is 3. The molecule has 1 atom stereocenters. The van der Waals surface area contributed by atoms with Gasteiger partial charge >= 0.3 is 0 Å². The molecule has 0 bridgehead atoms. The number of thioether (sulfide) groups is 1. The van der Waals surface area contributed by atoms with E-state index in [-0.39, 0.29) is 5.24 Å². The van der Waals surface area contributed by atoms with E-state index in [1.807, 2.05) is 30.3 Å². The maximum Gasteiger partial charge on any atom is 0.285 e. The van der Waals surface area contributed by atoms with Crippen LogP contribution in [-0.4, -0.2) is 21.1 Å². The van der Waals surface area contributed by atoms with E-state index in [2.05, 4.69) is 46.4 Å². The van der Waals surface area contributed by atoms with Crippen LogP contribution in [0.3, 0.4) is 0 Å². The van der Waals surface area contributed by atoms with Crippen LogP contribution in [0.4, 0.5) is 4.79 Å². The van der Waals surface area contributed by atoms with Gasteiger partial charge in [0.2, 0.25) is 0 Å². The van der Waals surface area contributed by atoms with Crippen LogP contribution in [0, 0.1) is 0 Å². The minimum Gasteiger partial charge on any atom is -0.369 e. The molecule has 0 radical (unpaired) electrons. The van der Waals surface area contributed by atoms with Gasteiger partial charge in [-0.2, -0.15) is 0 Å². The summed E-state index contributed by atoms with van der Waals surface area (Å²) in [5.41, 5.74) is 3.34. The molecule has 1 amide bonds. The van der Waals surface area contributed by atoms with E-state index in [1.165, 1.54) is 10.9 Å². The Balaban J connectivity index is 1.68. The zero-order valence-corrected chi connectivity index (χ0v) is 13.7. The lowest BCUT2D eigenvalue weighted by Crippen LogP contribution is -2.24. The molecular weight excluding hydrogens is 320 g/mol. The van der Waals surface area contributed by atoms with Crippen molar-refractivity contribution in [2.24, 2.45) is 0 Å².